The largest absolute Gasteiger partial charge is 0.494 e. The molecular formula is C28H23N3O6. The summed E-state index contributed by atoms with van der Waals surface area (Å²) in [5.74, 6) is -0.562. The summed E-state index contributed by atoms with van der Waals surface area (Å²) in [4.78, 5) is 52.5. The molecule has 0 saturated heterocycles. The van der Waals surface area contributed by atoms with Gasteiger partial charge in [0.25, 0.3) is 0 Å². The van der Waals surface area contributed by atoms with Crippen LogP contribution in [-0.2, 0) is 9.53 Å². The van der Waals surface area contributed by atoms with Crippen LogP contribution in [0.4, 0.5) is 17.1 Å². The highest BCUT2D eigenvalue weighted by molar-refractivity contribution is 6.29. The number of ketones is 3. The number of benzene rings is 3. The van der Waals surface area contributed by atoms with Gasteiger partial charge in [-0.05, 0) is 12.1 Å². The molecule has 0 aromatic heterocycles. The van der Waals surface area contributed by atoms with Crippen LogP contribution >= 0.6 is 0 Å². The van der Waals surface area contributed by atoms with Crippen LogP contribution in [-0.4, -0.2) is 50.6 Å². The van der Waals surface area contributed by atoms with E-state index in [0.717, 1.165) is 0 Å². The summed E-state index contributed by atoms with van der Waals surface area (Å²) in [6.45, 7) is 0.866. The molecule has 0 atom stereocenters. The Bertz CT molecular complexity index is 1490. The fraction of sp³-hybridized carbons (Fsp3) is 0.214. The molecule has 5 rings (SSSR count). The summed E-state index contributed by atoms with van der Waals surface area (Å²) in [5.41, 5.74) is 2.79. The minimum atomic E-state index is -0.335. The maximum Gasteiger partial charge on any atom is 0.307 e. The van der Waals surface area contributed by atoms with Crippen molar-refractivity contribution < 1.29 is 28.7 Å². The van der Waals surface area contributed by atoms with Crippen LogP contribution in [0.2, 0.25) is 0 Å². The molecule has 3 aromatic rings. The summed E-state index contributed by atoms with van der Waals surface area (Å²) < 4.78 is 10.3. The summed E-state index contributed by atoms with van der Waals surface area (Å²) in [7, 11) is 2.82. The molecule has 0 saturated carbocycles. The van der Waals surface area contributed by atoms with Gasteiger partial charge in [0.05, 0.1) is 37.6 Å². The van der Waals surface area contributed by atoms with Gasteiger partial charge in [-0.1, -0.05) is 36.4 Å². The molecule has 3 aromatic carbocycles. The number of anilines is 1. The molecule has 37 heavy (non-hydrogen) atoms. The Balaban J connectivity index is 1.52. The first-order chi connectivity index (χ1) is 17.9. The normalized spacial score (nSPS) is 14.3. The third-order valence-corrected chi connectivity index (χ3v) is 6.56. The number of azo groups is 1. The van der Waals surface area contributed by atoms with Crippen molar-refractivity contribution in [2.75, 3.05) is 32.2 Å². The van der Waals surface area contributed by atoms with Crippen molar-refractivity contribution in [3.05, 3.63) is 82.4 Å². The second-order valence-electron chi connectivity index (χ2n) is 8.63. The number of hydrogen-bond acceptors (Lipinski definition) is 9. The van der Waals surface area contributed by atoms with Crippen LogP contribution in [0.5, 0.6) is 5.75 Å². The number of esters is 1. The number of Topliss-reactive ketones (excluding diaryl/α,β-unsaturated/α-hetero) is 1. The maximum atomic E-state index is 13.2. The molecule has 0 N–H and O–H groups in total. The summed E-state index contributed by atoms with van der Waals surface area (Å²) in [6.07, 6.45) is 0.474. The molecule has 0 radical (unpaired) electrons. The Hall–Kier alpha value is -4.66. The lowest BCUT2D eigenvalue weighted by molar-refractivity contribution is -0.140. The van der Waals surface area contributed by atoms with Crippen LogP contribution in [0, 0.1) is 0 Å². The van der Waals surface area contributed by atoms with Gasteiger partial charge in [0.15, 0.2) is 17.3 Å². The van der Waals surface area contributed by atoms with Gasteiger partial charge in [0.2, 0.25) is 0 Å². The minimum absolute atomic E-state index is 0.0575. The van der Waals surface area contributed by atoms with Gasteiger partial charge in [-0.15, -0.1) is 10.2 Å². The van der Waals surface area contributed by atoms with E-state index in [1.807, 2.05) is 4.90 Å². The number of hydrogen-bond donors (Lipinski definition) is 0. The first kappa shape index (κ1) is 24.1. The van der Waals surface area contributed by atoms with Crippen molar-refractivity contribution in [1.29, 1.82) is 0 Å². The van der Waals surface area contributed by atoms with E-state index in [1.165, 1.54) is 14.2 Å². The standard InChI is InChI=1S/C28H23N3O6/c1-36-24-15-22-19(23(32)10-12-31(22)13-11-25(33)37-2)14-21(24)30-29-20-9-5-8-18-26(20)28(35)17-7-4-3-6-16(17)27(18)34/h3-9,14-15H,10-13H2,1-2H3/b30-29+. The van der Waals surface area contributed by atoms with Crippen molar-refractivity contribution in [3.8, 4) is 5.75 Å². The molecule has 1 aliphatic carbocycles. The van der Waals surface area contributed by atoms with E-state index in [0.29, 0.717) is 53.3 Å². The third-order valence-electron chi connectivity index (χ3n) is 6.56. The molecule has 0 amide bonds. The van der Waals surface area contributed by atoms with E-state index in [2.05, 4.69) is 10.2 Å². The number of nitrogens with zero attached hydrogens (tertiary/aromatic N) is 3. The van der Waals surface area contributed by atoms with Crippen molar-refractivity contribution in [2.24, 2.45) is 10.2 Å². The van der Waals surface area contributed by atoms with E-state index in [4.69, 9.17) is 9.47 Å². The first-order valence-corrected chi connectivity index (χ1v) is 11.7. The Labute approximate surface area is 212 Å². The van der Waals surface area contributed by atoms with E-state index in [1.54, 1.807) is 54.6 Å². The molecule has 0 spiro atoms. The molecule has 0 unspecified atom stereocenters. The first-order valence-electron chi connectivity index (χ1n) is 11.7. The second kappa shape index (κ2) is 9.77. The second-order valence-corrected chi connectivity index (χ2v) is 8.63. The molecule has 2 aliphatic rings. The SMILES string of the molecule is COC(=O)CCN1CCC(=O)c2cc(/N=N/c3cccc4c3C(=O)c3ccccc3C4=O)c(OC)cc21. The van der Waals surface area contributed by atoms with Crippen molar-refractivity contribution >= 4 is 40.4 Å². The van der Waals surface area contributed by atoms with Crippen LogP contribution in [0.3, 0.4) is 0 Å². The van der Waals surface area contributed by atoms with Gasteiger partial charge < -0.3 is 14.4 Å². The average Bonchev–Trinajstić information content (AvgIpc) is 2.93. The zero-order valence-corrected chi connectivity index (χ0v) is 20.3. The fourth-order valence-corrected chi connectivity index (χ4v) is 4.65. The zero-order valence-electron chi connectivity index (χ0n) is 20.3. The molecule has 186 valence electrons. The topological polar surface area (TPSA) is 115 Å². The highest BCUT2D eigenvalue weighted by atomic mass is 16.5. The molecular weight excluding hydrogens is 474 g/mol. The van der Waals surface area contributed by atoms with Crippen molar-refractivity contribution in [1.82, 2.24) is 0 Å². The van der Waals surface area contributed by atoms with Gasteiger partial charge in [-0.25, -0.2) is 0 Å². The zero-order chi connectivity index (χ0) is 26.1. The molecule has 1 aliphatic heterocycles. The molecule has 9 heteroatoms. The number of carbonyl (C=O) groups excluding carboxylic acids is 4. The van der Waals surface area contributed by atoms with E-state index in [-0.39, 0.29) is 46.6 Å². The van der Waals surface area contributed by atoms with Crippen LogP contribution in [0.25, 0.3) is 0 Å². The van der Waals surface area contributed by atoms with Crippen molar-refractivity contribution in [3.63, 3.8) is 0 Å². The Kier molecular flexibility index (Phi) is 6.35. The highest BCUT2D eigenvalue weighted by Gasteiger charge is 2.31. The van der Waals surface area contributed by atoms with E-state index < -0.39 is 0 Å². The minimum Gasteiger partial charge on any atom is -0.494 e. The maximum absolute atomic E-state index is 13.2. The van der Waals surface area contributed by atoms with Crippen LogP contribution in [0.15, 0.2) is 64.8 Å². The van der Waals surface area contributed by atoms with Gasteiger partial charge >= 0.3 is 5.97 Å². The van der Waals surface area contributed by atoms with Crippen LogP contribution in [0.1, 0.15) is 55.0 Å². The molecule has 0 fully saturated rings. The van der Waals surface area contributed by atoms with E-state index >= 15 is 0 Å². The summed E-state index contributed by atoms with van der Waals surface area (Å²) >= 11 is 0. The third kappa shape index (κ3) is 4.29. The quantitative estimate of drug-likeness (QED) is 0.276. The van der Waals surface area contributed by atoms with Gasteiger partial charge in [0.1, 0.15) is 11.4 Å². The van der Waals surface area contributed by atoms with Gasteiger partial charge in [-0.3, -0.25) is 19.2 Å². The molecule has 1 heterocycles. The predicted molar refractivity (Wildman–Crippen MR) is 135 cm³/mol. The Morgan fingerprint density at radius 1 is 0.865 bits per heavy atom. The summed E-state index contributed by atoms with van der Waals surface area (Å²) in [6, 6.07) is 14.9. The predicted octanol–water partition coefficient (Wildman–Crippen LogP) is 4.84. The average molecular weight is 498 g/mol. The van der Waals surface area contributed by atoms with E-state index in [9.17, 15) is 19.2 Å². The van der Waals surface area contributed by atoms with Crippen LogP contribution < -0.4 is 9.64 Å². The molecule has 0 bridgehead atoms. The highest BCUT2D eigenvalue weighted by Crippen LogP contribution is 2.40. The number of rotatable bonds is 6. The number of methoxy groups -OCH3 is 2. The lowest BCUT2D eigenvalue weighted by Crippen LogP contribution is -2.34. The lowest BCUT2D eigenvalue weighted by atomic mass is 9.83. The summed E-state index contributed by atoms with van der Waals surface area (Å²) in [5, 5.41) is 8.62. The monoisotopic (exact) mass is 497 g/mol. The Morgan fingerprint density at radius 2 is 1.57 bits per heavy atom. The fourth-order valence-electron chi connectivity index (χ4n) is 4.65. The Morgan fingerprint density at radius 3 is 2.30 bits per heavy atom. The number of ether oxygens (including phenoxy) is 2. The number of fused-ring (bicyclic) bond motifs is 3. The smallest absolute Gasteiger partial charge is 0.307 e. The molecule has 9 nitrogen and oxygen atoms in total. The van der Waals surface area contributed by atoms with Gasteiger partial charge in [-0.2, -0.15) is 0 Å². The number of carbonyl (C=O) groups is 4. The van der Waals surface area contributed by atoms with Crippen molar-refractivity contribution in [2.45, 2.75) is 12.8 Å². The lowest BCUT2D eigenvalue weighted by Gasteiger charge is -2.30. The van der Waals surface area contributed by atoms with Gasteiger partial charge in [0, 0.05) is 47.8 Å².